The molecule has 1 fully saturated rings. The standard InChI is InChI=1S/C20H21N3OS/c1-2-17-21-18(15-8-12-25-19(15)22-17)23-10-11-24-20(13-23)9-7-14-5-3-4-6-16(14)20/h3-6,8,12H,2,7,9-11,13H2,1H3. The van der Waals surface area contributed by atoms with E-state index in [0.29, 0.717) is 0 Å². The van der Waals surface area contributed by atoms with Gasteiger partial charge in [0, 0.05) is 13.0 Å². The predicted octanol–water partition coefficient (Wildman–Crippen LogP) is 3.93. The molecule has 1 spiro atoms. The van der Waals surface area contributed by atoms with Gasteiger partial charge in [0.25, 0.3) is 0 Å². The first-order valence-corrected chi connectivity index (χ1v) is 9.88. The van der Waals surface area contributed by atoms with Crippen molar-refractivity contribution in [3.63, 3.8) is 0 Å². The van der Waals surface area contributed by atoms with Crippen LogP contribution in [0.5, 0.6) is 0 Å². The number of hydrogen-bond donors (Lipinski definition) is 0. The maximum absolute atomic E-state index is 6.37. The molecule has 0 bridgehead atoms. The minimum Gasteiger partial charge on any atom is -0.367 e. The van der Waals surface area contributed by atoms with E-state index in [-0.39, 0.29) is 5.60 Å². The topological polar surface area (TPSA) is 38.2 Å². The fraction of sp³-hybridized carbons (Fsp3) is 0.400. The third-order valence-corrected chi connectivity index (χ3v) is 6.27. The molecule has 3 heterocycles. The molecule has 25 heavy (non-hydrogen) atoms. The summed E-state index contributed by atoms with van der Waals surface area (Å²) in [5.74, 6) is 2.01. The van der Waals surface area contributed by atoms with Crippen LogP contribution in [0.2, 0.25) is 0 Å². The quantitative estimate of drug-likeness (QED) is 0.701. The molecular formula is C20H21N3OS. The molecule has 1 aliphatic carbocycles. The van der Waals surface area contributed by atoms with E-state index in [2.05, 4.69) is 52.5 Å². The maximum Gasteiger partial charge on any atom is 0.141 e. The van der Waals surface area contributed by atoms with Gasteiger partial charge in [-0.2, -0.15) is 0 Å². The van der Waals surface area contributed by atoms with E-state index in [0.717, 1.165) is 55.4 Å². The van der Waals surface area contributed by atoms with Crippen molar-refractivity contribution in [2.45, 2.75) is 31.8 Å². The Morgan fingerprint density at radius 3 is 3.08 bits per heavy atom. The van der Waals surface area contributed by atoms with Crippen molar-refractivity contribution in [3.8, 4) is 0 Å². The zero-order chi connectivity index (χ0) is 16.9. The van der Waals surface area contributed by atoms with E-state index in [4.69, 9.17) is 9.72 Å². The number of aromatic nitrogens is 2. The molecule has 0 radical (unpaired) electrons. The first-order valence-electron chi connectivity index (χ1n) is 9.00. The highest BCUT2D eigenvalue weighted by Crippen LogP contribution is 2.43. The second-order valence-corrected chi connectivity index (χ2v) is 7.77. The van der Waals surface area contributed by atoms with Crippen LogP contribution in [-0.4, -0.2) is 29.7 Å². The zero-order valence-corrected chi connectivity index (χ0v) is 15.2. The highest BCUT2D eigenvalue weighted by Gasteiger charge is 2.43. The van der Waals surface area contributed by atoms with Gasteiger partial charge in [-0.15, -0.1) is 11.3 Å². The largest absolute Gasteiger partial charge is 0.367 e. The van der Waals surface area contributed by atoms with Crippen LogP contribution in [0.1, 0.15) is 30.3 Å². The summed E-state index contributed by atoms with van der Waals surface area (Å²) in [6, 6.07) is 10.9. The maximum atomic E-state index is 6.37. The Hall–Kier alpha value is -1.98. The summed E-state index contributed by atoms with van der Waals surface area (Å²) in [5.41, 5.74) is 2.61. The van der Waals surface area contributed by atoms with Crippen LogP contribution in [0.15, 0.2) is 35.7 Å². The molecule has 1 unspecified atom stereocenters. The smallest absolute Gasteiger partial charge is 0.141 e. The van der Waals surface area contributed by atoms with Crippen molar-refractivity contribution in [3.05, 3.63) is 52.7 Å². The highest BCUT2D eigenvalue weighted by molar-refractivity contribution is 7.16. The highest BCUT2D eigenvalue weighted by atomic mass is 32.1. The number of anilines is 1. The van der Waals surface area contributed by atoms with Crippen LogP contribution < -0.4 is 4.90 Å². The molecule has 1 aromatic carbocycles. The lowest BCUT2D eigenvalue weighted by Gasteiger charge is -2.42. The van der Waals surface area contributed by atoms with Gasteiger partial charge in [-0.25, -0.2) is 9.97 Å². The molecule has 4 nitrogen and oxygen atoms in total. The Balaban J connectivity index is 1.57. The van der Waals surface area contributed by atoms with Gasteiger partial charge in [0.2, 0.25) is 0 Å². The van der Waals surface area contributed by atoms with Gasteiger partial charge in [-0.3, -0.25) is 0 Å². The normalized spacial score (nSPS) is 22.7. The fourth-order valence-electron chi connectivity index (χ4n) is 4.22. The van der Waals surface area contributed by atoms with Crippen molar-refractivity contribution in [1.82, 2.24) is 9.97 Å². The number of rotatable bonds is 2. The van der Waals surface area contributed by atoms with E-state index >= 15 is 0 Å². The van der Waals surface area contributed by atoms with Gasteiger partial charge >= 0.3 is 0 Å². The number of benzene rings is 1. The average Bonchev–Trinajstić information content (AvgIpc) is 3.27. The van der Waals surface area contributed by atoms with Crippen LogP contribution >= 0.6 is 11.3 Å². The molecule has 2 aliphatic rings. The van der Waals surface area contributed by atoms with Gasteiger partial charge in [0.05, 0.1) is 18.5 Å². The summed E-state index contributed by atoms with van der Waals surface area (Å²) in [7, 11) is 0. The molecule has 1 saturated heterocycles. The first-order chi connectivity index (χ1) is 12.3. The van der Waals surface area contributed by atoms with Gasteiger partial charge in [0.1, 0.15) is 22.1 Å². The minimum absolute atomic E-state index is 0.186. The molecule has 3 aromatic rings. The van der Waals surface area contributed by atoms with Crippen molar-refractivity contribution in [2.75, 3.05) is 24.6 Å². The van der Waals surface area contributed by atoms with E-state index in [1.165, 1.54) is 16.5 Å². The molecule has 1 atom stereocenters. The van der Waals surface area contributed by atoms with Crippen LogP contribution in [0.4, 0.5) is 5.82 Å². The van der Waals surface area contributed by atoms with E-state index in [9.17, 15) is 0 Å². The van der Waals surface area contributed by atoms with Crippen molar-refractivity contribution in [1.29, 1.82) is 0 Å². The molecule has 0 saturated carbocycles. The Morgan fingerprint density at radius 2 is 2.16 bits per heavy atom. The lowest BCUT2D eigenvalue weighted by Crippen LogP contribution is -2.49. The summed E-state index contributed by atoms with van der Waals surface area (Å²) in [5, 5.41) is 3.29. The molecule has 0 amide bonds. The third-order valence-electron chi connectivity index (χ3n) is 5.46. The monoisotopic (exact) mass is 351 g/mol. The lowest BCUT2D eigenvalue weighted by atomic mass is 9.93. The predicted molar refractivity (Wildman–Crippen MR) is 101 cm³/mol. The molecule has 2 aromatic heterocycles. The number of fused-ring (bicyclic) bond motifs is 3. The van der Waals surface area contributed by atoms with Crippen LogP contribution in [-0.2, 0) is 23.2 Å². The van der Waals surface area contributed by atoms with Crippen molar-refractivity contribution < 1.29 is 4.74 Å². The van der Waals surface area contributed by atoms with Crippen molar-refractivity contribution >= 4 is 27.4 Å². The number of morpholine rings is 1. The Morgan fingerprint density at radius 1 is 1.24 bits per heavy atom. The zero-order valence-electron chi connectivity index (χ0n) is 14.4. The van der Waals surface area contributed by atoms with Gasteiger partial charge in [-0.1, -0.05) is 31.2 Å². The van der Waals surface area contributed by atoms with E-state index in [1.807, 2.05) is 0 Å². The van der Waals surface area contributed by atoms with E-state index < -0.39 is 0 Å². The summed E-state index contributed by atoms with van der Waals surface area (Å²) in [4.78, 5) is 13.1. The Labute approximate surface area is 151 Å². The molecule has 1 aliphatic heterocycles. The third kappa shape index (κ3) is 2.37. The second-order valence-electron chi connectivity index (χ2n) is 6.88. The number of hydrogen-bond acceptors (Lipinski definition) is 5. The number of ether oxygens (including phenoxy) is 1. The minimum atomic E-state index is -0.186. The molecule has 0 N–H and O–H groups in total. The van der Waals surface area contributed by atoms with Crippen LogP contribution in [0.25, 0.3) is 10.2 Å². The van der Waals surface area contributed by atoms with Gasteiger partial charge < -0.3 is 9.64 Å². The summed E-state index contributed by atoms with van der Waals surface area (Å²) < 4.78 is 6.37. The number of thiophene rings is 1. The Bertz CT molecular complexity index is 934. The summed E-state index contributed by atoms with van der Waals surface area (Å²) >= 11 is 1.70. The van der Waals surface area contributed by atoms with Gasteiger partial charge in [-0.05, 0) is 35.4 Å². The van der Waals surface area contributed by atoms with Crippen LogP contribution in [0.3, 0.4) is 0 Å². The fourth-order valence-corrected chi connectivity index (χ4v) is 4.99. The molecular weight excluding hydrogens is 330 g/mol. The second kappa shape index (κ2) is 5.78. The molecule has 5 rings (SSSR count). The molecule has 5 heteroatoms. The van der Waals surface area contributed by atoms with Crippen LogP contribution in [0, 0.1) is 0 Å². The first kappa shape index (κ1) is 15.3. The molecule has 128 valence electrons. The lowest BCUT2D eigenvalue weighted by molar-refractivity contribution is -0.0593. The van der Waals surface area contributed by atoms with Crippen molar-refractivity contribution in [2.24, 2.45) is 0 Å². The Kier molecular flexibility index (Phi) is 3.54. The van der Waals surface area contributed by atoms with Gasteiger partial charge in [0.15, 0.2) is 0 Å². The summed E-state index contributed by atoms with van der Waals surface area (Å²) in [6.07, 6.45) is 3.02. The summed E-state index contributed by atoms with van der Waals surface area (Å²) in [6.45, 7) is 4.61. The van der Waals surface area contributed by atoms with E-state index in [1.54, 1.807) is 11.3 Å². The average molecular weight is 351 g/mol. The SMILES string of the molecule is CCc1nc(N2CCOC3(CCc4ccccc43)C2)c2ccsc2n1. The number of nitrogens with zero attached hydrogens (tertiary/aromatic N) is 3. The number of aryl methyl sites for hydroxylation is 2.